The summed E-state index contributed by atoms with van der Waals surface area (Å²) in [7, 11) is 0. The van der Waals surface area contributed by atoms with Crippen molar-refractivity contribution in [3.8, 4) is 0 Å². The van der Waals surface area contributed by atoms with Crippen LogP contribution in [0.15, 0.2) is 24.3 Å². The van der Waals surface area contributed by atoms with E-state index in [4.69, 9.17) is 5.73 Å². The van der Waals surface area contributed by atoms with Crippen molar-refractivity contribution in [3.05, 3.63) is 35.4 Å². The molecule has 126 valence electrons. The molecule has 2 N–H and O–H groups in total. The molecule has 0 saturated carbocycles. The molecular weight excluding hydrogens is 288 g/mol. The highest BCUT2D eigenvalue weighted by atomic mass is 16.2. The molecule has 1 aromatic carbocycles. The molecule has 1 aliphatic rings. The lowest BCUT2D eigenvalue weighted by atomic mass is 9.92. The fourth-order valence-electron chi connectivity index (χ4n) is 3.11. The lowest BCUT2D eigenvalue weighted by Crippen LogP contribution is -2.45. The molecule has 1 saturated heterocycles. The van der Waals surface area contributed by atoms with Crippen LogP contribution in [0.5, 0.6) is 0 Å². The first-order chi connectivity index (χ1) is 11.0. The number of ketones is 1. The van der Waals surface area contributed by atoms with E-state index >= 15 is 0 Å². The molecule has 0 radical (unpaired) electrons. The second-order valence-corrected chi connectivity index (χ2v) is 6.57. The van der Waals surface area contributed by atoms with E-state index in [1.165, 1.54) is 5.56 Å². The molecule has 0 bridgehead atoms. The van der Waals surface area contributed by atoms with Crippen molar-refractivity contribution in [3.63, 3.8) is 0 Å². The van der Waals surface area contributed by atoms with Gasteiger partial charge in [-0.15, -0.1) is 0 Å². The number of rotatable bonds is 6. The lowest BCUT2D eigenvalue weighted by molar-refractivity contribution is -0.133. The third-order valence-electron chi connectivity index (χ3n) is 4.80. The van der Waals surface area contributed by atoms with Gasteiger partial charge in [-0.2, -0.15) is 0 Å². The van der Waals surface area contributed by atoms with Crippen molar-refractivity contribution in [1.82, 2.24) is 4.90 Å². The van der Waals surface area contributed by atoms with Crippen molar-refractivity contribution < 1.29 is 9.59 Å². The Kier molecular flexibility index (Phi) is 6.34. The molecule has 4 nitrogen and oxygen atoms in total. The van der Waals surface area contributed by atoms with Gasteiger partial charge in [-0.25, -0.2) is 0 Å². The monoisotopic (exact) mass is 316 g/mol. The number of piperidine rings is 1. The van der Waals surface area contributed by atoms with E-state index in [1.807, 2.05) is 36.1 Å². The predicted molar refractivity (Wildman–Crippen MR) is 92.3 cm³/mol. The quantitative estimate of drug-likeness (QED) is 0.821. The maximum atomic E-state index is 12.3. The summed E-state index contributed by atoms with van der Waals surface area (Å²) in [4.78, 5) is 26.4. The van der Waals surface area contributed by atoms with Crippen LogP contribution in [0.25, 0.3) is 0 Å². The Morgan fingerprint density at radius 3 is 2.57 bits per heavy atom. The van der Waals surface area contributed by atoms with E-state index in [0.29, 0.717) is 17.9 Å². The Labute approximate surface area is 139 Å². The normalized spacial score (nSPS) is 19.4. The standard InChI is InChI=1S/C19H28N2O2/c1-3-15-6-8-16(9-7-15)18(22)10-11-19(23)21-12-4-5-17(13-21)14(2)20/h6-9,14,17H,3-5,10-13,20H2,1-2H3. The van der Waals surface area contributed by atoms with Gasteiger partial charge in [-0.05, 0) is 37.7 Å². The smallest absolute Gasteiger partial charge is 0.223 e. The highest BCUT2D eigenvalue weighted by Gasteiger charge is 2.25. The summed E-state index contributed by atoms with van der Waals surface area (Å²) in [5.41, 5.74) is 7.87. The minimum atomic E-state index is 0.0433. The van der Waals surface area contributed by atoms with Gasteiger partial charge in [-0.1, -0.05) is 31.2 Å². The topological polar surface area (TPSA) is 63.4 Å². The molecule has 2 unspecified atom stereocenters. The first kappa shape index (κ1) is 17.7. The molecule has 0 aromatic heterocycles. The predicted octanol–water partition coefficient (Wildman–Crippen LogP) is 2.80. The summed E-state index contributed by atoms with van der Waals surface area (Å²) >= 11 is 0. The van der Waals surface area contributed by atoms with Gasteiger partial charge in [0.05, 0.1) is 0 Å². The van der Waals surface area contributed by atoms with E-state index in [2.05, 4.69) is 6.92 Å². The van der Waals surface area contributed by atoms with Gasteiger partial charge in [0.2, 0.25) is 5.91 Å². The fourth-order valence-corrected chi connectivity index (χ4v) is 3.11. The highest BCUT2D eigenvalue weighted by Crippen LogP contribution is 2.20. The Balaban J connectivity index is 1.84. The minimum Gasteiger partial charge on any atom is -0.342 e. The fraction of sp³-hybridized carbons (Fsp3) is 0.579. The zero-order chi connectivity index (χ0) is 16.8. The van der Waals surface area contributed by atoms with Crippen LogP contribution in [0.1, 0.15) is 55.5 Å². The summed E-state index contributed by atoms with van der Waals surface area (Å²) in [6, 6.07) is 7.79. The van der Waals surface area contributed by atoms with Crippen LogP contribution < -0.4 is 5.73 Å². The van der Waals surface area contributed by atoms with Gasteiger partial charge in [0, 0.05) is 37.5 Å². The van der Waals surface area contributed by atoms with Crippen LogP contribution in [0.4, 0.5) is 0 Å². The number of likely N-dealkylation sites (tertiary alicyclic amines) is 1. The molecule has 4 heteroatoms. The van der Waals surface area contributed by atoms with Gasteiger partial charge in [0.25, 0.3) is 0 Å². The van der Waals surface area contributed by atoms with Crippen LogP contribution in [0.3, 0.4) is 0 Å². The molecule has 1 amide bonds. The Morgan fingerprint density at radius 2 is 1.96 bits per heavy atom. The first-order valence-corrected chi connectivity index (χ1v) is 8.66. The van der Waals surface area contributed by atoms with Crippen molar-refractivity contribution in [1.29, 1.82) is 0 Å². The largest absolute Gasteiger partial charge is 0.342 e. The summed E-state index contributed by atoms with van der Waals surface area (Å²) in [6.07, 6.45) is 3.63. The molecule has 2 rings (SSSR count). The Morgan fingerprint density at radius 1 is 1.26 bits per heavy atom. The van der Waals surface area contributed by atoms with Crippen LogP contribution >= 0.6 is 0 Å². The van der Waals surface area contributed by atoms with Crippen LogP contribution in [0.2, 0.25) is 0 Å². The molecule has 23 heavy (non-hydrogen) atoms. The van der Waals surface area contributed by atoms with Crippen molar-refractivity contribution >= 4 is 11.7 Å². The SMILES string of the molecule is CCc1ccc(C(=O)CCC(=O)N2CCCC(C(C)N)C2)cc1. The number of hydrogen-bond acceptors (Lipinski definition) is 3. The molecule has 0 aliphatic carbocycles. The Bertz CT molecular complexity index is 537. The Hall–Kier alpha value is -1.68. The van der Waals surface area contributed by atoms with Gasteiger partial charge < -0.3 is 10.6 Å². The summed E-state index contributed by atoms with van der Waals surface area (Å²) in [5, 5.41) is 0. The average Bonchev–Trinajstić information content (AvgIpc) is 2.59. The third-order valence-corrected chi connectivity index (χ3v) is 4.80. The van der Waals surface area contributed by atoms with Gasteiger partial charge in [-0.3, -0.25) is 9.59 Å². The molecule has 1 fully saturated rings. The second kappa shape index (κ2) is 8.25. The molecule has 1 aromatic rings. The van der Waals surface area contributed by atoms with Crippen molar-refractivity contribution in [2.75, 3.05) is 13.1 Å². The van der Waals surface area contributed by atoms with Crippen molar-refractivity contribution in [2.45, 2.75) is 52.0 Å². The second-order valence-electron chi connectivity index (χ2n) is 6.57. The maximum absolute atomic E-state index is 12.3. The number of benzene rings is 1. The third kappa shape index (κ3) is 4.90. The number of nitrogens with two attached hydrogens (primary N) is 1. The summed E-state index contributed by atoms with van der Waals surface area (Å²) in [6.45, 7) is 5.61. The molecule has 0 spiro atoms. The summed E-state index contributed by atoms with van der Waals surface area (Å²) < 4.78 is 0. The summed E-state index contributed by atoms with van der Waals surface area (Å²) in [5.74, 6) is 0.501. The number of aryl methyl sites for hydroxylation is 1. The van der Waals surface area contributed by atoms with Crippen LogP contribution in [0, 0.1) is 5.92 Å². The highest BCUT2D eigenvalue weighted by molar-refractivity contribution is 5.98. The van der Waals surface area contributed by atoms with E-state index in [1.54, 1.807) is 0 Å². The van der Waals surface area contributed by atoms with E-state index in [9.17, 15) is 9.59 Å². The maximum Gasteiger partial charge on any atom is 0.223 e. The number of amides is 1. The number of nitrogens with zero attached hydrogens (tertiary/aromatic N) is 1. The van der Waals surface area contributed by atoms with E-state index < -0.39 is 0 Å². The molecule has 1 heterocycles. The number of Topliss-reactive ketones (excluding diaryl/α,β-unsaturated/α-hetero) is 1. The van der Waals surface area contributed by atoms with Gasteiger partial charge in [0.15, 0.2) is 5.78 Å². The number of hydrogen-bond donors (Lipinski definition) is 1. The molecule has 1 aliphatic heterocycles. The molecular formula is C19H28N2O2. The van der Waals surface area contributed by atoms with Gasteiger partial charge >= 0.3 is 0 Å². The van der Waals surface area contributed by atoms with E-state index in [-0.39, 0.29) is 24.2 Å². The zero-order valence-electron chi connectivity index (χ0n) is 14.3. The van der Waals surface area contributed by atoms with Crippen LogP contribution in [-0.2, 0) is 11.2 Å². The minimum absolute atomic E-state index is 0.0433. The zero-order valence-corrected chi connectivity index (χ0v) is 14.3. The number of carbonyl (C=O) groups is 2. The molecule has 2 atom stereocenters. The first-order valence-electron chi connectivity index (χ1n) is 8.66. The van der Waals surface area contributed by atoms with E-state index in [0.717, 1.165) is 32.4 Å². The van der Waals surface area contributed by atoms with Crippen LogP contribution in [-0.4, -0.2) is 35.7 Å². The van der Waals surface area contributed by atoms with Crippen molar-refractivity contribution in [2.24, 2.45) is 11.7 Å². The van der Waals surface area contributed by atoms with Gasteiger partial charge in [0.1, 0.15) is 0 Å². The average molecular weight is 316 g/mol. The number of carbonyl (C=O) groups excluding carboxylic acids is 2. The lowest BCUT2D eigenvalue weighted by Gasteiger charge is -2.34.